The number of ketones is 1. The van der Waals surface area contributed by atoms with Crippen molar-refractivity contribution in [3.05, 3.63) is 0 Å². The molecule has 0 radical (unpaired) electrons. The van der Waals surface area contributed by atoms with Gasteiger partial charge in [0.1, 0.15) is 41.8 Å². The Labute approximate surface area is 156 Å². The Bertz CT molecular complexity index is 385. The molecule has 1 rings (SSSR count). The van der Waals surface area contributed by atoms with Crippen molar-refractivity contribution in [1.29, 1.82) is 0 Å². The summed E-state index contributed by atoms with van der Waals surface area (Å²) in [5.41, 5.74) is -2.18. The van der Waals surface area contributed by atoms with Crippen LogP contribution in [0.25, 0.3) is 0 Å². The van der Waals surface area contributed by atoms with Crippen molar-refractivity contribution in [1.82, 2.24) is 0 Å². The third kappa shape index (κ3) is 6.01. The van der Waals surface area contributed by atoms with Crippen LogP contribution < -0.4 is 0 Å². The van der Waals surface area contributed by atoms with E-state index in [1.807, 2.05) is 36.9 Å². The van der Waals surface area contributed by atoms with Gasteiger partial charge in [-0.3, -0.25) is 4.79 Å². The molecule has 1 fully saturated rings. The topological polar surface area (TPSA) is 66.8 Å². The molecule has 0 aliphatic heterocycles. The molecule has 4 nitrogen and oxygen atoms in total. The van der Waals surface area contributed by atoms with Gasteiger partial charge in [0.15, 0.2) is 7.85 Å². The minimum absolute atomic E-state index is 0.0197. The number of hydrogen-bond donors (Lipinski definition) is 2. The summed E-state index contributed by atoms with van der Waals surface area (Å²) in [4.78, 5) is 12.8. The molecule has 0 amide bonds. The van der Waals surface area contributed by atoms with Gasteiger partial charge in [0, 0.05) is 5.92 Å². The van der Waals surface area contributed by atoms with Gasteiger partial charge in [-0.25, -0.2) is 0 Å². The minimum Gasteiger partial charge on any atom is -0.374 e. The highest BCUT2D eigenvalue weighted by Gasteiger charge is 2.55. The lowest BCUT2D eigenvalue weighted by molar-refractivity contribution is -0.129. The highest BCUT2D eigenvalue weighted by atomic mass is 127. The van der Waals surface area contributed by atoms with Crippen molar-refractivity contribution in [2.75, 3.05) is 0 Å². The van der Waals surface area contributed by atoms with Gasteiger partial charge in [-0.05, 0) is 25.2 Å². The predicted molar refractivity (Wildman–Crippen MR) is 106 cm³/mol. The molecule has 2 N–H and O–H groups in total. The summed E-state index contributed by atoms with van der Waals surface area (Å²) in [5, 5.41) is 19.2. The third-order valence-electron chi connectivity index (χ3n) is 5.25. The van der Waals surface area contributed by atoms with E-state index in [0.717, 1.165) is 20.0 Å². The number of Topliss-reactive ketones (excluding diaryl/α,β-unsaturated/α-hetero) is 1. The van der Waals surface area contributed by atoms with Crippen LogP contribution >= 0.6 is 23.0 Å². The van der Waals surface area contributed by atoms with Crippen LogP contribution in [-0.4, -0.2) is 42.9 Å². The Hall–Kier alpha value is 0.410. The molecule has 7 heteroatoms. The quantitative estimate of drug-likeness (QED) is 0.238. The molecule has 0 bridgehead atoms. The van der Waals surface area contributed by atoms with Gasteiger partial charge < -0.3 is 13.3 Å². The average molecular weight is 436 g/mol. The molecular weight excluding hydrogens is 405 g/mol. The molecule has 1 unspecified atom stereocenters. The number of hydrogen-bond acceptors (Lipinski definition) is 4. The lowest BCUT2D eigenvalue weighted by Gasteiger charge is -2.28. The summed E-state index contributed by atoms with van der Waals surface area (Å²) in [5.74, 6) is 0.324. The maximum Gasteiger partial charge on any atom is 0.178 e. The SMILES string of the molecule is BC(O)(O)CC[C@H]1C(OI)C(C)(C)C(=O)[C@@H]1CCBCCCC. The molecular formula is C16H31B2IO4. The fourth-order valence-corrected chi connectivity index (χ4v) is 4.85. The molecule has 0 aromatic heterocycles. The Morgan fingerprint density at radius 3 is 2.52 bits per heavy atom. The molecule has 0 aromatic carbocycles. The van der Waals surface area contributed by atoms with Crippen LogP contribution in [0, 0.1) is 17.3 Å². The highest BCUT2D eigenvalue weighted by molar-refractivity contribution is 14.1. The van der Waals surface area contributed by atoms with Crippen molar-refractivity contribution < 1.29 is 18.1 Å². The van der Waals surface area contributed by atoms with Gasteiger partial charge in [-0.15, -0.1) is 0 Å². The summed E-state index contributed by atoms with van der Waals surface area (Å²) in [6.45, 7) is 6.11. The molecule has 132 valence electrons. The monoisotopic (exact) mass is 436 g/mol. The smallest absolute Gasteiger partial charge is 0.178 e. The van der Waals surface area contributed by atoms with Crippen LogP contribution in [0.4, 0.5) is 0 Å². The number of unbranched alkanes of at least 4 members (excludes halogenated alkanes) is 1. The maximum atomic E-state index is 12.8. The normalized spacial score (nSPS) is 27.4. The van der Waals surface area contributed by atoms with E-state index in [9.17, 15) is 15.0 Å². The largest absolute Gasteiger partial charge is 0.374 e. The van der Waals surface area contributed by atoms with Crippen LogP contribution in [0.1, 0.15) is 52.9 Å². The first kappa shape index (κ1) is 21.5. The molecule has 1 saturated carbocycles. The van der Waals surface area contributed by atoms with Gasteiger partial charge >= 0.3 is 0 Å². The second-order valence-corrected chi connectivity index (χ2v) is 8.33. The number of rotatable bonds is 10. The first-order valence-electron chi connectivity index (χ1n) is 8.91. The van der Waals surface area contributed by atoms with Crippen molar-refractivity contribution in [2.45, 2.75) is 77.3 Å². The van der Waals surface area contributed by atoms with Crippen molar-refractivity contribution in [3.63, 3.8) is 0 Å². The van der Waals surface area contributed by atoms with E-state index in [4.69, 9.17) is 3.07 Å². The summed E-state index contributed by atoms with van der Waals surface area (Å²) in [6.07, 6.45) is 6.36. The second kappa shape index (κ2) is 9.20. The van der Waals surface area contributed by atoms with Gasteiger partial charge in [0.2, 0.25) is 0 Å². The molecule has 0 saturated heterocycles. The van der Waals surface area contributed by atoms with Crippen LogP contribution in [0.5, 0.6) is 0 Å². The summed E-state index contributed by atoms with van der Waals surface area (Å²) < 4.78 is 5.64. The maximum absolute atomic E-state index is 12.8. The standard InChI is InChI=1S/C16H31B2IO4/c1-4-5-9-18-10-7-11-12(6-8-16(17,21)22)14(23-19)15(2,3)13(11)20/h11-12,14,18,21-22H,4-10,17H2,1-3H3/t11-,12-,14?/m1/s1. The Morgan fingerprint density at radius 2 is 2.00 bits per heavy atom. The zero-order chi connectivity index (χ0) is 17.7. The lowest BCUT2D eigenvalue weighted by Crippen LogP contribution is -2.34. The van der Waals surface area contributed by atoms with E-state index in [0.29, 0.717) is 6.42 Å². The van der Waals surface area contributed by atoms with E-state index < -0.39 is 11.1 Å². The summed E-state index contributed by atoms with van der Waals surface area (Å²) >= 11 is 1.89. The summed E-state index contributed by atoms with van der Waals surface area (Å²) in [7, 11) is 2.56. The second-order valence-electron chi connectivity index (χ2n) is 7.82. The summed E-state index contributed by atoms with van der Waals surface area (Å²) in [6, 6.07) is 0. The Balaban J connectivity index is 2.74. The van der Waals surface area contributed by atoms with E-state index >= 15 is 0 Å². The molecule has 1 aliphatic carbocycles. The highest BCUT2D eigenvalue weighted by Crippen LogP contribution is 2.48. The number of carbonyl (C=O) groups excluding carboxylic acids is 1. The van der Waals surface area contributed by atoms with Crippen molar-refractivity contribution in [3.8, 4) is 0 Å². The van der Waals surface area contributed by atoms with Crippen LogP contribution in [0.2, 0.25) is 12.6 Å². The van der Waals surface area contributed by atoms with Crippen molar-refractivity contribution >= 4 is 43.9 Å². The number of carbonyl (C=O) groups is 1. The molecule has 0 aromatic rings. The molecule has 1 aliphatic rings. The third-order valence-corrected chi connectivity index (χ3v) is 5.80. The van der Waals surface area contributed by atoms with Crippen LogP contribution in [0.15, 0.2) is 0 Å². The van der Waals surface area contributed by atoms with E-state index in [1.165, 1.54) is 27.0 Å². The van der Waals surface area contributed by atoms with Gasteiger partial charge in [-0.2, -0.15) is 0 Å². The number of halogens is 1. The van der Waals surface area contributed by atoms with E-state index in [-0.39, 0.29) is 30.1 Å². The fourth-order valence-electron chi connectivity index (χ4n) is 3.84. The molecule has 0 heterocycles. The average Bonchev–Trinajstić information content (AvgIpc) is 2.63. The fraction of sp³-hybridized carbons (Fsp3) is 0.938. The molecule has 23 heavy (non-hydrogen) atoms. The Morgan fingerprint density at radius 1 is 1.35 bits per heavy atom. The minimum atomic E-state index is -1.68. The van der Waals surface area contributed by atoms with Crippen LogP contribution in [0.3, 0.4) is 0 Å². The van der Waals surface area contributed by atoms with E-state index in [1.54, 1.807) is 0 Å². The van der Waals surface area contributed by atoms with Gasteiger partial charge in [-0.1, -0.05) is 46.3 Å². The number of aliphatic hydroxyl groups is 2. The lowest BCUT2D eigenvalue weighted by atomic mass is 9.66. The first-order valence-corrected chi connectivity index (χ1v) is 9.79. The first-order chi connectivity index (χ1) is 10.6. The molecule has 0 spiro atoms. The van der Waals surface area contributed by atoms with Gasteiger partial charge in [0.05, 0.1) is 11.5 Å². The van der Waals surface area contributed by atoms with Crippen molar-refractivity contribution in [2.24, 2.45) is 17.3 Å². The zero-order valence-electron chi connectivity index (χ0n) is 15.0. The van der Waals surface area contributed by atoms with E-state index in [2.05, 4.69) is 6.92 Å². The predicted octanol–water partition coefficient (Wildman–Crippen LogP) is 2.08. The molecule has 3 atom stereocenters. The Kier molecular flexibility index (Phi) is 8.58. The van der Waals surface area contributed by atoms with Gasteiger partial charge in [0.25, 0.3) is 0 Å². The van der Waals surface area contributed by atoms with Crippen LogP contribution in [-0.2, 0) is 7.86 Å². The zero-order valence-corrected chi connectivity index (χ0v) is 17.1.